The van der Waals surface area contributed by atoms with Crippen molar-refractivity contribution in [2.24, 2.45) is 0 Å². The highest BCUT2D eigenvalue weighted by atomic mass is 35.5. The summed E-state index contributed by atoms with van der Waals surface area (Å²) in [5.74, 6) is -1.32. The minimum absolute atomic E-state index is 0.133. The number of nitrogens with zero attached hydrogens (tertiary/aromatic N) is 1. The number of urea groups is 1. The van der Waals surface area contributed by atoms with Gasteiger partial charge in [-0.05, 0) is 62.7 Å². The monoisotopic (exact) mass is 496 g/mol. The standard InChI is InChI=1S/C23H20ClF3N2O5/c1-4-33-19-10-13(5-8-18(19)34-12(2)3)9-15-20(30)28-22(32)29(21(15)31)17-11-14(23(25,26)27)6-7-16(17)24/h5-12H,4H2,1-3H3,(H,28,30,32)/b15-9-. The number of hydrogen-bond donors (Lipinski definition) is 1. The first-order valence-electron chi connectivity index (χ1n) is 10.1. The summed E-state index contributed by atoms with van der Waals surface area (Å²) >= 11 is 5.99. The predicted octanol–water partition coefficient (Wildman–Crippen LogP) is 5.21. The molecule has 0 unspecified atom stereocenters. The first kappa shape index (κ1) is 25.1. The fourth-order valence-corrected chi connectivity index (χ4v) is 3.34. The number of ether oxygens (including phenoxy) is 2. The second kappa shape index (κ2) is 9.76. The van der Waals surface area contributed by atoms with Gasteiger partial charge in [-0.2, -0.15) is 13.2 Å². The lowest BCUT2D eigenvalue weighted by molar-refractivity contribution is -0.137. The normalized spacial score (nSPS) is 15.7. The highest BCUT2D eigenvalue weighted by Gasteiger charge is 2.39. The summed E-state index contributed by atoms with van der Waals surface area (Å²) in [6.07, 6.45) is -3.68. The fourth-order valence-electron chi connectivity index (χ4n) is 3.14. The van der Waals surface area contributed by atoms with Crippen LogP contribution in [0.3, 0.4) is 0 Å². The van der Waals surface area contributed by atoms with Crippen molar-refractivity contribution in [2.45, 2.75) is 33.1 Å². The molecule has 0 saturated carbocycles. The molecule has 0 radical (unpaired) electrons. The summed E-state index contributed by atoms with van der Waals surface area (Å²) in [6, 6.07) is 5.67. The van der Waals surface area contributed by atoms with Crippen molar-refractivity contribution in [2.75, 3.05) is 11.5 Å². The number of carbonyl (C=O) groups excluding carboxylic acids is 3. The Morgan fingerprint density at radius 3 is 2.41 bits per heavy atom. The number of nitrogens with one attached hydrogen (secondary N) is 1. The molecule has 1 aliphatic rings. The topological polar surface area (TPSA) is 84.9 Å². The van der Waals surface area contributed by atoms with Crippen molar-refractivity contribution < 1.29 is 37.0 Å². The van der Waals surface area contributed by atoms with Gasteiger partial charge in [0.05, 0.1) is 29.0 Å². The molecule has 2 aromatic rings. The molecule has 1 fully saturated rings. The van der Waals surface area contributed by atoms with Gasteiger partial charge in [0.2, 0.25) is 0 Å². The zero-order chi connectivity index (χ0) is 25.2. The fraction of sp³-hybridized carbons (Fsp3) is 0.261. The number of carbonyl (C=O) groups is 3. The van der Waals surface area contributed by atoms with Crippen molar-refractivity contribution in [3.8, 4) is 11.5 Å². The summed E-state index contributed by atoms with van der Waals surface area (Å²) in [6.45, 7) is 5.76. The Bertz CT molecular complexity index is 1180. The molecule has 0 atom stereocenters. The number of halogens is 4. The van der Waals surface area contributed by atoms with E-state index < -0.39 is 40.8 Å². The number of anilines is 1. The predicted molar refractivity (Wildman–Crippen MR) is 119 cm³/mol. The van der Waals surface area contributed by atoms with E-state index in [9.17, 15) is 27.6 Å². The second-order valence-corrected chi connectivity index (χ2v) is 7.83. The van der Waals surface area contributed by atoms with E-state index in [2.05, 4.69) is 0 Å². The molecule has 0 bridgehead atoms. The molecule has 11 heteroatoms. The Labute approximate surface area is 198 Å². The summed E-state index contributed by atoms with van der Waals surface area (Å²) in [7, 11) is 0. The Hall–Kier alpha value is -3.53. The van der Waals surface area contributed by atoms with Gasteiger partial charge in [-0.15, -0.1) is 0 Å². The third-order valence-electron chi connectivity index (χ3n) is 4.56. The van der Waals surface area contributed by atoms with E-state index in [4.69, 9.17) is 21.1 Å². The molecule has 2 aromatic carbocycles. The largest absolute Gasteiger partial charge is 0.490 e. The van der Waals surface area contributed by atoms with Crippen molar-refractivity contribution in [1.29, 1.82) is 0 Å². The van der Waals surface area contributed by atoms with Gasteiger partial charge >= 0.3 is 12.2 Å². The smallest absolute Gasteiger partial charge is 0.416 e. The van der Waals surface area contributed by atoms with Crippen molar-refractivity contribution in [3.63, 3.8) is 0 Å². The molecule has 1 N–H and O–H groups in total. The number of hydrogen-bond acceptors (Lipinski definition) is 5. The average molecular weight is 497 g/mol. The number of benzene rings is 2. The Balaban J connectivity index is 2.04. The van der Waals surface area contributed by atoms with Crippen LogP contribution in [0.4, 0.5) is 23.7 Å². The van der Waals surface area contributed by atoms with Crippen LogP contribution in [-0.4, -0.2) is 30.6 Å². The molecule has 0 spiro atoms. The number of alkyl halides is 3. The van der Waals surface area contributed by atoms with Crippen LogP contribution in [0.5, 0.6) is 11.5 Å². The van der Waals surface area contributed by atoms with Gasteiger partial charge in [0, 0.05) is 0 Å². The molecular weight excluding hydrogens is 477 g/mol. The minimum Gasteiger partial charge on any atom is -0.490 e. The summed E-state index contributed by atoms with van der Waals surface area (Å²) in [5.41, 5.74) is -1.74. The Morgan fingerprint density at radius 1 is 1.09 bits per heavy atom. The molecular formula is C23H20ClF3N2O5. The lowest BCUT2D eigenvalue weighted by atomic mass is 10.1. The molecule has 1 saturated heterocycles. The quantitative estimate of drug-likeness (QED) is 0.438. The molecule has 4 amide bonds. The van der Waals surface area contributed by atoms with E-state index in [1.54, 1.807) is 19.1 Å². The molecule has 7 nitrogen and oxygen atoms in total. The van der Waals surface area contributed by atoms with Crippen molar-refractivity contribution in [3.05, 3.63) is 58.1 Å². The van der Waals surface area contributed by atoms with Gasteiger partial charge < -0.3 is 9.47 Å². The van der Waals surface area contributed by atoms with E-state index in [1.165, 1.54) is 12.1 Å². The molecule has 34 heavy (non-hydrogen) atoms. The van der Waals surface area contributed by atoms with E-state index >= 15 is 0 Å². The summed E-state index contributed by atoms with van der Waals surface area (Å²) in [5, 5.41) is 1.68. The number of imide groups is 2. The van der Waals surface area contributed by atoms with Gasteiger partial charge in [0.1, 0.15) is 5.57 Å². The van der Waals surface area contributed by atoms with E-state index in [1.807, 2.05) is 19.2 Å². The van der Waals surface area contributed by atoms with E-state index in [-0.39, 0.29) is 11.1 Å². The number of amides is 4. The van der Waals surface area contributed by atoms with E-state index in [0.29, 0.717) is 34.6 Å². The van der Waals surface area contributed by atoms with Gasteiger partial charge in [0.25, 0.3) is 11.8 Å². The van der Waals surface area contributed by atoms with Crippen molar-refractivity contribution >= 4 is 41.2 Å². The van der Waals surface area contributed by atoms with Crippen LogP contribution in [0.15, 0.2) is 42.0 Å². The van der Waals surface area contributed by atoms with Crippen LogP contribution in [0.2, 0.25) is 5.02 Å². The summed E-state index contributed by atoms with van der Waals surface area (Å²) in [4.78, 5) is 38.3. The van der Waals surface area contributed by atoms with E-state index in [0.717, 1.165) is 12.1 Å². The zero-order valence-corrected chi connectivity index (χ0v) is 19.1. The third kappa shape index (κ3) is 5.33. The van der Waals surface area contributed by atoms with Crippen LogP contribution in [0, 0.1) is 0 Å². The maximum atomic E-state index is 13.2. The molecule has 3 rings (SSSR count). The second-order valence-electron chi connectivity index (χ2n) is 7.43. The molecule has 180 valence electrons. The first-order chi connectivity index (χ1) is 15.9. The highest BCUT2D eigenvalue weighted by Crippen LogP contribution is 2.37. The van der Waals surface area contributed by atoms with Crippen LogP contribution in [0.1, 0.15) is 31.9 Å². The average Bonchev–Trinajstić information content (AvgIpc) is 2.73. The van der Waals surface area contributed by atoms with Crippen LogP contribution in [-0.2, 0) is 15.8 Å². The zero-order valence-electron chi connectivity index (χ0n) is 18.3. The lowest BCUT2D eigenvalue weighted by Crippen LogP contribution is -2.54. The van der Waals surface area contributed by atoms with Gasteiger partial charge in [0.15, 0.2) is 11.5 Å². The molecule has 1 aliphatic heterocycles. The minimum atomic E-state index is -4.74. The van der Waals surface area contributed by atoms with Crippen molar-refractivity contribution in [1.82, 2.24) is 5.32 Å². The maximum absolute atomic E-state index is 13.2. The summed E-state index contributed by atoms with van der Waals surface area (Å²) < 4.78 is 50.7. The highest BCUT2D eigenvalue weighted by molar-refractivity contribution is 6.42. The molecule has 0 aliphatic carbocycles. The van der Waals surface area contributed by atoms with Crippen LogP contribution >= 0.6 is 11.6 Å². The third-order valence-corrected chi connectivity index (χ3v) is 4.88. The number of rotatable bonds is 6. The van der Waals surface area contributed by atoms with Gasteiger partial charge in [-0.3, -0.25) is 14.9 Å². The molecule has 0 aromatic heterocycles. The van der Waals surface area contributed by atoms with Gasteiger partial charge in [-0.25, -0.2) is 9.69 Å². The van der Waals surface area contributed by atoms with Crippen LogP contribution in [0.25, 0.3) is 6.08 Å². The van der Waals surface area contributed by atoms with Crippen LogP contribution < -0.4 is 19.7 Å². The Morgan fingerprint density at radius 2 is 1.79 bits per heavy atom. The number of barbiturate groups is 1. The first-order valence-corrected chi connectivity index (χ1v) is 10.5. The SMILES string of the molecule is CCOc1cc(/C=C2/C(=O)NC(=O)N(c3cc(C(F)(F)F)ccc3Cl)C2=O)ccc1OC(C)C. The Kier molecular flexibility index (Phi) is 7.21. The lowest BCUT2D eigenvalue weighted by Gasteiger charge is -2.27. The molecule has 1 heterocycles. The van der Waals surface area contributed by atoms with Gasteiger partial charge in [-0.1, -0.05) is 17.7 Å². The maximum Gasteiger partial charge on any atom is 0.416 e.